The van der Waals surface area contributed by atoms with Crippen LogP contribution in [0.5, 0.6) is 5.88 Å². The van der Waals surface area contributed by atoms with Gasteiger partial charge in [0.2, 0.25) is 5.88 Å². The summed E-state index contributed by atoms with van der Waals surface area (Å²) in [4.78, 5) is 0. The fourth-order valence-corrected chi connectivity index (χ4v) is 1.94. The SMILES string of the molecule is CNC(Cc1cc(F)cc(F)c1)c1ccc(OC)nn1. The van der Waals surface area contributed by atoms with Crippen molar-refractivity contribution < 1.29 is 13.5 Å². The number of ether oxygens (including phenoxy) is 1. The van der Waals surface area contributed by atoms with Crippen LogP contribution in [0.15, 0.2) is 30.3 Å². The van der Waals surface area contributed by atoms with Crippen LogP contribution < -0.4 is 10.1 Å². The Morgan fingerprint density at radius 1 is 1.15 bits per heavy atom. The van der Waals surface area contributed by atoms with E-state index in [2.05, 4.69) is 15.5 Å². The summed E-state index contributed by atoms with van der Waals surface area (Å²) >= 11 is 0. The molecule has 1 unspecified atom stereocenters. The molecule has 0 saturated heterocycles. The topological polar surface area (TPSA) is 47.0 Å². The molecule has 106 valence electrons. The van der Waals surface area contributed by atoms with Gasteiger partial charge in [-0.25, -0.2) is 8.78 Å². The van der Waals surface area contributed by atoms with Gasteiger partial charge in [-0.3, -0.25) is 0 Å². The molecule has 0 amide bonds. The van der Waals surface area contributed by atoms with Gasteiger partial charge >= 0.3 is 0 Å². The molecule has 20 heavy (non-hydrogen) atoms. The number of halogens is 2. The number of nitrogens with zero attached hydrogens (tertiary/aromatic N) is 2. The van der Waals surface area contributed by atoms with Gasteiger partial charge in [0.05, 0.1) is 18.8 Å². The second kappa shape index (κ2) is 6.38. The highest BCUT2D eigenvalue weighted by atomic mass is 19.1. The molecule has 0 fully saturated rings. The Morgan fingerprint density at radius 2 is 1.85 bits per heavy atom. The molecule has 0 saturated carbocycles. The lowest BCUT2D eigenvalue weighted by Crippen LogP contribution is -2.20. The molecule has 2 rings (SSSR count). The average molecular weight is 279 g/mol. The average Bonchev–Trinajstić information content (AvgIpc) is 2.44. The Hall–Kier alpha value is -2.08. The van der Waals surface area contributed by atoms with Crippen molar-refractivity contribution in [1.29, 1.82) is 0 Å². The maximum atomic E-state index is 13.2. The molecule has 1 aromatic carbocycles. The molecule has 0 spiro atoms. The molecule has 2 aromatic rings. The van der Waals surface area contributed by atoms with Gasteiger partial charge in [-0.1, -0.05) is 0 Å². The molecule has 1 aromatic heterocycles. The van der Waals surface area contributed by atoms with Gasteiger partial charge in [0.1, 0.15) is 11.6 Å². The van der Waals surface area contributed by atoms with Crippen molar-refractivity contribution in [1.82, 2.24) is 15.5 Å². The van der Waals surface area contributed by atoms with Crippen molar-refractivity contribution in [3.63, 3.8) is 0 Å². The zero-order valence-electron chi connectivity index (χ0n) is 11.2. The number of benzene rings is 1. The molecular weight excluding hydrogens is 264 g/mol. The Labute approximate surface area is 115 Å². The molecule has 4 nitrogen and oxygen atoms in total. The Bertz CT molecular complexity index is 555. The van der Waals surface area contributed by atoms with E-state index >= 15 is 0 Å². The number of methoxy groups -OCH3 is 1. The standard InChI is InChI=1S/C14H15F2N3O/c1-17-13(12-3-4-14(20-2)19-18-12)7-9-5-10(15)8-11(16)6-9/h3-6,8,13,17H,7H2,1-2H3. The maximum absolute atomic E-state index is 13.2. The molecule has 0 aliphatic rings. The van der Waals surface area contributed by atoms with Crippen molar-refractivity contribution in [2.24, 2.45) is 0 Å². The third kappa shape index (κ3) is 3.48. The van der Waals surface area contributed by atoms with E-state index in [0.29, 0.717) is 23.6 Å². The van der Waals surface area contributed by atoms with E-state index in [1.807, 2.05) is 0 Å². The van der Waals surface area contributed by atoms with Crippen LogP contribution in [0, 0.1) is 11.6 Å². The van der Waals surface area contributed by atoms with Gasteiger partial charge < -0.3 is 10.1 Å². The molecule has 0 radical (unpaired) electrons. The maximum Gasteiger partial charge on any atom is 0.233 e. The Morgan fingerprint density at radius 3 is 2.35 bits per heavy atom. The summed E-state index contributed by atoms with van der Waals surface area (Å²) in [6, 6.07) is 6.75. The van der Waals surface area contributed by atoms with E-state index in [4.69, 9.17) is 4.74 Å². The number of nitrogens with one attached hydrogen (secondary N) is 1. The van der Waals surface area contributed by atoms with Gasteiger partial charge in [-0.05, 0) is 37.2 Å². The van der Waals surface area contributed by atoms with Crippen LogP contribution in [0.2, 0.25) is 0 Å². The fourth-order valence-electron chi connectivity index (χ4n) is 1.94. The smallest absolute Gasteiger partial charge is 0.233 e. The molecule has 1 heterocycles. The third-order valence-corrected chi connectivity index (χ3v) is 2.94. The Balaban J connectivity index is 2.19. The lowest BCUT2D eigenvalue weighted by atomic mass is 10.0. The number of hydrogen-bond acceptors (Lipinski definition) is 4. The van der Waals surface area contributed by atoms with E-state index < -0.39 is 11.6 Å². The van der Waals surface area contributed by atoms with Crippen LogP contribution in [0.3, 0.4) is 0 Å². The van der Waals surface area contributed by atoms with Gasteiger partial charge in [0, 0.05) is 12.1 Å². The minimum Gasteiger partial charge on any atom is -0.480 e. The summed E-state index contributed by atoms with van der Waals surface area (Å²) in [7, 11) is 3.26. The third-order valence-electron chi connectivity index (χ3n) is 2.94. The fraction of sp³-hybridized carbons (Fsp3) is 0.286. The highest BCUT2D eigenvalue weighted by Crippen LogP contribution is 2.18. The highest BCUT2D eigenvalue weighted by Gasteiger charge is 2.13. The quantitative estimate of drug-likeness (QED) is 0.912. The first-order chi connectivity index (χ1) is 9.62. The zero-order valence-corrected chi connectivity index (χ0v) is 11.2. The summed E-state index contributed by atoms with van der Waals surface area (Å²) in [6.07, 6.45) is 0.409. The number of rotatable bonds is 5. The predicted octanol–water partition coefficient (Wildman–Crippen LogP) is 2.27. The summed E-state index contributed by atoms with van der Waals surface area (Å²) in [5.41, 5.74) is 1.23. The molecule has 6 heteroatoms. The minimum absolute atomic E-state index is 0.186. The second-order valence-electron chi connectivity index (χ2n) is 4.32. The molecule has 0 aliphatic carbocycles. The van der Waals surface area contributed by atoms with Crippen molar-refractivity contribution in [2.45, 2.75) is 12.5 Å². The first-order valence-corrected chi connectivity index (χ1v) is 6.12. The molecule has 0 aliphatic heterocycles. The van der Waals surface area contributed by atoms with E-state index in [1.165, 1.54) is 19.2 Å². The molecule has 1 atom stereocenters. The largest absolute Gasteiger partial charge is 0.480 e. The van der Waals surface area contributed by atoms with Crippen molar-refractivity contribution in [3.8, 4) is 5.88 Å². The van der Waals surface area contributed by atoms with E-state index in [-0.39, 0.29) is 6.04 Å². The molecule has 0 bridgehead atoms. The number of likely N-dealkylation sites (N-methyl/N-ethyl adjacent to an activating group) is 1. The Kier molecular flexibility index (Phi) is 4.57. The van der Waals surface area contributed by atoms with Crippen LogP contribution in [-0.4, -0.2) is 24.4 Å². The first-order valence-electron chi connectivity index (χ1n) is 6.12. The summed E-state index contributed by atoms with van der Waals surface area (Å²) in [5, 5.41) is 11.0. The van der Waals surface area contributed by atoms with Gasteiger partial charge in [0.15, 0.2) is 0 Å². The zero-order chi connectivity index (χ0) is 14.5. The van der Waals surface area contributed by atoms with E-state index in [0.717, 1.165) is 6.07 Å². The van der Waals surface area contributed by atoms with Gasteiger partial charge in [-0.15, -0.1) is 5.10 Å². The minimum atomic E-state index is -0.587. The van der Waals surface area contributed by atoms with Crippen LogP contribution in [0.1, 0.15) is 17.3 Å². The van der Waals surface area contributed by atoms with Crippen LogP contribution in [0.25, 0.3) is 0 Å². The van der Waals surface area contributed by atoms with Crippen molar-refractivity contribution >= 4 is 0 Å². The van der Waals surface area contributed by atoms with Gasteiger partial charge in [-0.2, -0.15) is 5.10 Å². The number of hydrogen-bond donors (Lipinski definition) is 1. The molecular formula is C14H15F2N3O. The molecule has 1 N–H and O–H groups in total. The normalized spacial score (nSPS) is 12.2. The van der Waals surface area contributed by atoms with E-state index in [1.54, 1.807) is 19.2 Å². The lowest BCUT2D eigenvalue weighted by Gasteiger charge is -2.15. The highest BCUT2D eigenvalue weighted by molar-refractivity contribution is 5.22. The van der Waals surface area contributed by atoms with Crippen LogP contribution in [0.4, 0.5) is 8.78 Å². The van der Waals surface area contributed by atoms with Crippen LogP contribution >= 0.6 is 0 Å². The summed E-state index contributed by atoms with van der Waals surface area (Å²) in [5.74, 6) is -0.758. The van der Waals surface area contributed by atoms with E-state index in [9.17, 15) is 8.78 Å². The van der Waals surface area contributed by atoms with Crippen molar-refractivity contribution in [2.75, 3.05) is 14.2 Å². The monoisotopic (exact) mass is 279 g/mol. The van der Waals surface area contributed by atoms with Gasteiger partial charge in [0.25, 0.3) is 0 Å². The predicted molar refractivity (Wildman–Crippen MR) is 70.4 cm³/mol. The first kappa shape index (κ1) is 14.3. The summed E-state index contributed by atoms with van der Waals surface area (Å²) < 4.78 is 31.3. The van der Waals surface area contributed by atoms with Crippen LogP contribution in [-0.2, 0) is 6.42 Å². The summed E-state index contributed by atoms with van der Waals surface area (Å²) in [6.45, 7) is 0. The number of aromatic nitrogens is 2. The van der Waals surface area contributed by atoms with Crippen molar-refractivity contribution in [3.05, 3.63) is 53.2 Å². The lowest BCUT2D eigenvalue weighted by molar-refractivity contribution is 0.389. The second-order valence-corrected chi connectivity index (χ2v) is 4.32.